The molecule has 0 saturated heterocycles. The lowest BCUT2D eigenvalue weighted by Crippen LogP contribution is -2.18. The van der Waals surface area contributed by atoms with Gasteiger partial charge in [-0.2, -0.15) is 5.10 Å². The maximum Gasteiger partial charge on any atom is 0.275 e. The molecule has 154 valence electrons. The number of carbonyl (C=O) groups is 1. The summed E-state index contributed by atoms with van der Waals surface area (Å²) in [6.45, 7) is 0.343. The number of halogens is 1. The van der Waals surface area contributed by atoms with Crippen LogP contribution in [0.1, 0.15) is 21.5 Å². The molecule has 3 aromatic rings. The minimum Gasteiger partial charge on any atom is -0.497 e. The van der Waals surface area contributed by atoms with Crippen LogP contribution in [0.15, 0.2) is 76.3 Å². The molecular formula is C23H21BrN2O4. The maximum atomic E-state index is 12.6. The smallest absolute Gasteiger partial charge is 0.275 e. The third-order valence-corrected chi connectivity index (χ3v) is 4.72. The summed E-state index contributed by atoms with van der Waals surface area (Å²) in [4.78, 5) is 12.6. The summed E-state index contributed by atoms with van der Waals surface area (Å²) in [5.74, 6) is 1.37. The monoisotopic (exact) mass is 468 g/mol. The van der Waals surface area contributed by atoms with E-state index in [4.69, 9.17) is 14.2 Å². The number of hydrogen-bond acceptors (Lipinski definition) is 5. The number of ether oxygens (including phenoxy) is 3. The molecule has 0 aliphatic carbocycles. The summed E-state index contributed by atoms with van der Waals surface area (Å²) in [6, 6.07) is 20.2. The summed E-state index contributed by atoms with van der Waals surface area (Å²) in [5, 5.41) is 4.05. The molecule has 0 saturated carbocycles. The molecule has 0 unspecified atom stereocenters. The van der Waals surface area contributed by atoms with Gasteiger partial charge in [0.25, 0.3) is 5.91 Å². The number of nitrogens with zero attached hydrogens (tertiary/aromatic N) is 1. The van der Waals surface area contributed by atoms with Crippen molar-refractivity contribution < 1.29 is 19.0 Å². The van der Waals surface area contributed by atoms with E-state index in [0.717, 1.165) is 10.0 Å². The Balaban J connectivity index is 1.68. The first kappa shape index (κ1) is 21.4. The first-order chi connectivity index (χ1) is 14.6. The molecule has 3 aromatic carbocycles. The van der Waals surface area contributed by atoms with Crippen LogP contribution in [0.5, 0.6) is 17.2 Å². The first-order valence-corrected chi connectivity index (χ1v) is 9.91. The number of amides is 1. The fourth-order valence-electron chi connectivity index (χ4n) is 2.71. The van der Waals surface area contributed by atoms with Gasteiger partial charge in [0, 0.05) is 16.1 Å². The number of benzene rings is 3. The molecule has 0 atom stereocenters. The van der Waals surface area contributed by atoms with Gasteiger partial charge in [0.15, 0.2) is 0 Å². The third kappa shape index (κ3) is 5.61. The van der Waals surface area contributed by atoms with Crippen molar-refractivity contribution in [2.24, 2.45) is 5.10 Å². The highest BCUT2D eigenvalue weighted by Crippen LogP contribution is 2.23. The van der Waals surface area contributed by atoms with Crippen LogP contribution >= 0.6 is 15.9 Å². The van der Waals surface area contributed by atoms with Gasteiger partial charge in [-0.25, -0.2) is 5.43 Å². The van der Waals surface area contributed by atoms with Crippen molar-refractivity contribution in [1.82, 2.24) is 5.43 Å². The van der Waals surface area contributed by atoms with E-state index in [1.807, 2.05) is 30.3 Å². The molecule has 0 aliphatic heterocycles. The topological polar surface area (TPSA) is 69.2 Å². The molecule has 7 heteroatoms. The molecule has 30 heavy (non-hydrogen) atoms. The molecule has 0 spiro atoms. The van der Waals surface area contributed by atoms with E-state index in [9.17, 15) is 4.79 Å². The van der Waals surface area contributed by atoms with Gasteiger partial charge in [-0.3, -0.25) is 4.79 Å². The molecule has 0 heterocycles. The summed E-state index contributed by atoms with van der Waals surface area (Å²) < 4.78 is 17.3. The predicted octanol–water partition coefficient (Wildman–Crippen LogP) is 4.81. The number of nitrogens with one attached hydrogen (secondary N) is 1. The largest absolute Gasteiger partial charge is 0.497 e. The minimum absolute atomic E-state index is 0.343. The summed E-state index contributed by atoms with van der Waals surface area (Å²) in [6.07, 6.45) is 1.52. The Labute approximate surface area is 183 Å². The molecular weight excluding hydrogens is 448 g/mol. The van der Waals surface area contributed by atoms with Gasteiger partial charge in [-0.05, 0) is 42.0 Å². The number of carbonyl (C=O) groups excluding carboxylic acids is 1. The summed E-state index contributed by atoms with van der Waals surface area (Å²) in [7, 11) is 3.14. The molecule has 6 nitrogen and oxygen atoms in total. The van der Waals surface area contributed by atoms with E-state index in [1.165, 1.54) is 6.21 Å². The highest BCUT2D eigenvalue weighted by Gasteiger charge is 2.12. The number of para-hydroxylation sites is 1. The van der Waals surface area contributed by atoms with E-state index in [1.54, 1.807) is 50.6 Å². The van der Waals surface area contributed by atoms with E-state index in [2.05, 4.69) is 26.5 Å². The Morgan fingerprint density at radius 1 is 1.00 bits per heavy atom. The van der Waals surface area contributed by atoms with Crippen LogP contribution in [0, 0.1) is 0 Å². The second-order valence-corrected chi connectivity index (χ2v) is 7.14. The maximum absolute atomic E-state index is 12.6. The fraction of sp³-hybridized carbons (Fsp3) is 0.130. The molecule has 1 amide bonds. The Hall–Kier alpha value is -3.32. The zero-order valence-corrected chi connectivity index (χ0v) is 18.2. The number of hydrazone groups is 1. The first-order valence-electron chi connectivity index (χ1n) is 9.12. The minimum atomic E-state index is -0.372. The summed E-state index contributed by atoms with van der Waals surface area (Å²) >= 11 is 3.44. The van der Waals surface area contributed by atoms with Crippen molar-refractivity contribution in [3.63, 3.8) is 0 Å². The molecule has 0 fully saturated rings. The average Bonchev–Trinajstić information content (AvgIpc) is 2.78. The van der Waals surface area contributed by atoms with Crippen LogP contribution in [-0.2, 0) is 6.61 Å². The SMILES string of the molecule is COc1ccc(C=NNC(=O)c2ccccc2OCc2cccc(Br)c2)c(OC)c1. The van der Waals surface area contributed by atoms with Gasteiger partial charge in [0.1, 0.15) is 23.9 Å². The van der Waals surface area contributed by atoms with Gasteiger partial charge >= 0.3 is 0 Å². The molecule has 3 rings (SSSR count). The Bertz CT molecular complexity index is 1050. The molecule has 0 aliphatic rings. The Morgan fingerprint density at radius 2 is 1.83 bits per heavy atom. The number of hydrogen-bond donors (Lipinski definition) is 1. The lowest BCUT2D eigenvalue weighted by Gasteiger charge is -2.11. The van der Waals surface area contributed by atoms with Gasteiger partial charge < -0.3 is 14.2 Å². The highest BCUT2D eigenvalue weighted by atomic mass is 79.9. The van der Waals surface area contributed by atoms with Crippen LogP contribution in [0.2, 0.25) is 0 Å². The molecule has 0 radical (unpaired) electrons. The average molecular weight is 469 g/mol. The standard InChI is InChI=1S/C23H21BrN2O4/c1-28-19-11-10-17(22(13-19)29-2)14-25-26-23(27)20-8-3-4-9-21(20)30-15-16-6-5-7-18(24)12-16/h3-14H,15H2,1-2H3,(H,26,27). The van der Waals surface area contributed by atoms with Crippen molar-refractivity contribution in [2.75, 3.05) is 14.2 Å². The number of methoxy groups -OCH3 is 2. The van der Waals surface area contributed by atoms with Gasteiger partial charge in [0.2, 0.25) is 0 Å². The van der Waals surface area contributed by atoms with Crippen molar-refractivity contribution in [2.45, 2.75) is 6.61 Å². The van der Waals surface area contributed by atoms with Gasteiger partial charge in [-0.1, -0.05) is 40.2 Å². The Morgan fingerprint density at radius 3 is 2.60 bits per heavy atom. The lowest BCUT2D eigenvalue weighted by molar-refractivity contribution is 0.0950. The predicted molar refractivity (Wildman–Crippen MR) is 120 cm³/mol. The quantitative estimate of drug-likeness (QED) is 0.380. The fourth-order valence-corrected chi connectivity index (χ4v) is 3.16. The van der Waals surface area contributed by atoms with Crippen molar-refractivity contribution >= 4 is 28.1 Å². The van der Waals surface area contributed by atoms with Crippen LogP contribution in [0.25, 0.3) is 0 Å². The van der Waals surface area contributed by atoms with E-state index in [-0.39, 0.29) is 5.91 Å². The summed E-state index contributed by atoms with van der Waals surface area (Å²) in [5.41, 5.74) is 4.62. The van der Waals surface area contributed by atoms with Crippen LogP contribution in [-0.4, -0.2) is 26.3 Å². The highest BCUT2D eigenvalue weighted by molar-refractivity contribution is 9.10. The van der Waals surface area contributed by atoms with Crippen molar-refractivity contribution in [1.29, 1.82) is 0 Å². The van der Waals surface area contributed by atoms with E-state index >= 15 is 0 Å². The zero-order valence-electron chi connectivity index (χ0n) is 16.6. The Kier molecular flexibility index (Phi) is 7.45. The van der Waals surface area contributed by atoms with Crippen molar-refractivity contribution in [3.05, 3.63) is 87.9 Å². The van der Waals surface area contributed by atoms with Crippen LogP contribution in [0.4, 0.5) is 0 Å². The van der Waals surface area contributed by atoms with Crippen LogP contribution < -0.4 is 19.6 Å². The normalized spacial score (nSPS) is 10.6. The molecule has 1 N–H and O–H groups in total. The second-order valence-electron chi connectivity index (χ2n) is 6.22. The number of rotatable bonds is 8. The third-order valence-electron chi connectivity index (χ3n) is 4.23. The van der Waals surface area contributed by atoms with Crippen molar-refractivity contribution in [3.8, 4) is 17.2 Å². The second kappa shape index (κ2) is 10.5. The van der Waals surface area contributed by atoms with E-state index in [0.29, 0.717) is 35.0 Å². The molecule has 0 bridgehead atoms. The lowest BCUT2D eigenvalue weighted by atomic mass is 10.2. The van der Waals surface area contributed by atoms with Gasteiger partial charge in [-0.15, -0.1) is 0 Å². The van der Waals surface area contributed by atoms with Gasteiger partial charge in [0.05, 0.1) is 26.0 Å². The zero-order chi connectivity index (χ0) is 21.3. The van der Waals surface area contributed by atoms with E-state index < -0.39 is 0 Å². The van der Waals surface area contributed by atoms with Crippen LogP contribution in [0.3, 0.4) is 0 Å². The molecule has 0 aromatic heterocycles.